The molecule has 0 radical (unpaired) electrons. The fraction of sp³-hybridized carbons (Fsp3) is 0.417. The second-order valence-electron chi connectivity index (χ2n) is 3.97. The van der Waals surface area contributed by atoms with Gasteiger partial charge in [0.15, 0.2) is 0 Å². The number of fused-ring (bicyclic) bond motifs is 1. The van der Waals surface area contributed by atoms with Gasteiger partial charge in [0.25, 0.3) is 0 Å². The van der Waals surface area contributed by atoms with Gasteiger partial charge in [-0.3, -0.25) is 0 Å². The van der Waals surface area contributed by atoms with Gasteiger partial charge in [-0.05, 0) is 19.9 Å². The fourth-order valence-corrected chi connectivity index (χ4v) is 1.81. The largest absolute Gasteiger partial charge is 0.487 e. The molecule has 5 nitrogen and oxygen atoms in total. The zero-order valence-electron chi connectivity index (χ0n) is 9.58. The second kappa shape index (κ2) is 4.35. The van der Waals surface area contributed by atoms with Gasteiger partial charge in [-0.2, -0.15) is 0 Å². The Hall–Kier alpha value is -1.59. The molecule has 0 amide bonds. The predicted molar refractivity (Wildman–Crippen MR) is 60.7 cm³/mol. The lowest BCUT2D eigenvalue weighted by atomic mass is 9.98. The van der Waals surface area contributed by atoms with Gasteiger partial charge in [-0.1, -0.05) is 6.08 Å². The van der Waals surface area contributed by atoms with Crippen molar-refractivity contribution < 1.29 is 19.4 Å². The minimum absolute atomic E-state index is 0.0242. The highest BCUT2D eigenvalue weighted by Gasteiger charge is 2.36. The van der Waals surface area contributed by atoms with Crippen molar-refractivity contribution in [1.29, 1.82) is 0 Å². The van der Waals surface area contributed by atoms with Gasteiger partial charge >= 0.3 is 5.63 Å². The lowest BCUT2D eigenvalue weighted by Crippen LogP contribution is -2.40. The lowest BCUT2D eigenvalue weighted by Gasteiger charge is -2.31. The van der Waals surface area contributed by atoms with Crippen LogP contribution in [0.4, 0.5) is 0 Å². The Kier molecular flexibility index (Phi) is 3.04. The third-order valence-electron chi connectivity index (χ3n) is 2.71. The average Bonchev–Trinajstić information content (AvgIpc) is 2.25. The van der Waals surface area contributed by atoms with Crippen LogP contribution < -0.4 is 10.4 Å². The number of allylic oxidation sites excluding steroid dienone is 1. The van der Waals surface area contributed by atoms with Gasteiger partial charge in [0.1, 0.15) is 35.4 Å². The maximum atomic E-state index is 11.7. The summed E-state index contributed by atoms with van der Waals surface area (Å²) in [4.78, 5) is 11.7. The number of ether oxygens (including phenoxy) is 1. The number of aliphatic hydroxyl groups excluding tert-OH is 2. The Bertz CT molecular complexity index is 502. The Morgan fingerprint density at radius 1 is 1.41 bits per heavy atom. The molecule has 1 aliphatic rings. The van der Waals surface area contributed by atoms with Crippen molar-refractivity contribution in [2.45, 2.75) is 32.2 Å². The molecule has 1 aromatic heterocycles. The minimum Gasteiger partial charge on any atom is -0.487 e. The van der Waals surface area contributed by atoms with Crippen molar-refractivity contribution in [2.75, 3.05) is 0 Å². The number of rotatable bonds is 1. The Morgan fingerprint density at radius 2 is 2.12 bits per heavy atom. The van der Waals surface area contributed by atoms with Crippen molar-refractivity contribution in [3.05, 3.63) is 33.9 Å². The zero-order valence-corrected chi connectivity index (χ0v) is 9.58. The summed E-state index contributed by atoms with van der Waals surface area (Å²) in [6.45, 7) is 3.42. The predicted octanol–water partition coefficient (Wildman–Crippen LogP) is 0.848. The number of aliphatic hydroxyl groups is 2. The second-order valence-corrected chi connectivity index (χ2v) is 3.97. The van der Waals surface area contributed by atoms with E-state index in [9.17, 15) is 15.0 Å². The standard InChI is InChI=1S/C12H14O5/c1-3-4-7-5-8-9(12(15)17-7)11(14)10(13)6(2)16-8/h3-6,10-11,13-14H,1-2H3/t6-,10-,11+/m1/s1. The molecule has 3 atom stereocenters. The van der Waals surface area contributed by atoms with E-state index in [1.165, 1.54) is 6.07 Å². The van der Waals surface area contributed by atoms with Gasteiger partial charge in [0.2, 0.25) is 0 Å². The van der Waals surface area contributed by atoms with Crippen LogP contribution in [-0.2, 0) is 0 Å². The zero-order chi connectivity index (χ0) is 12.6. The van der Waals surface area contributed by atoms with E-state index in [1.807, 2.05) is 0 Å². The van der Waals surface area contributed by atoms with E-state index in [0.29, 0.717) is 5.76 Å². The van der Waals surface area contributed by atoms with E-state index in [-0.39, 0.29) is 11.3 Å². The molecule has 0 fully saturated rings. The first kappa shape index (κ1) is 11.9. The molecular weight excluding hydrogens is 224 g/mol. The van der Waals surface area contributed by atoms with Crippen molar-refractivity contribution in [3.63, 3.8) is 0 Å². The van der Waals surface area contributed by atoms with E-state index >= 15 is 0 Å². The molecule has 0 unspecified atom stereocenters. The van der Waals surface area contributed by atoms with Crippen LogP contribution in [0, 0.1) is 0 Å². The quantitative estimate of drug-likeness (QED) is 0.758. The summed E-state index contributed by atoms with van der Waals surface area (Å²) in [6, 6.07) is 1.53. The first-order chi connectivity index (χ1) is 8.04. The van der Waals surface area contributed by atoms with E-state index in [4.69, 9.17) is 9.15 Å². The van der Waals surface area contributed by atoms with Crippen LogP contribution in [0.1, 0.15) is 31.3 Å². The summed E-state index contributed by atoms with van der Waals surface area (Å²) in [7, 11) is 0. The highest BCUT2D eigenvalue weighted by Crippen LogP contribution is 2.33. The minimum atomic E-state index is -1.27. The molecule has 0 saturated carbocycles. The first-order valence-corrected chi connectivity index (χ1v) is 5.38. The van der Waals surface area contributed by atoms with E-state index < -0.39 is 23.9 Å². The molecule has 92 valence electrons. The van der Waals surface area contributed by atoms with Crippen molar-refractivity contribution in [3.8, 4) is 5.75 Å². The van der Waals surface area contributed by atoms with Crippen LogP contribution >= 0.6 is 0 Å². The van der Waals surface area contributed by atoms with E-state index in [1.54, 1.807) is 26.0 Å². The molecule has 1 aromatic rings. The molecule has 2 N–H and O–H groups in total. The molecule has 2 rings (SSSR count). The van der Waals surface area contributed by atoms with Gasteiger partial charge in [-0.15, -0.1) is 0 Å². The van der Waals surface area contributed by atoms with Crippen molar-refractivity contribution >= 4 is 6.08 Å². The highest BCUT2D eigenvalue weighted by molar-refractivity contribution is 5.47. The van der Waals surface area contributed by atoms with E-state index in [0.717, 1.165) is 0 Å². The maximum absolute atomic E-state index is 11.7. The molecule has 0 saturated heterocycles. The van der Waals surface area contributed by atoms with Gasteiger partial charge in [0, 0.05) is 6.07 Å². The Balaban J connectivity index is 2.56. The molecular formula is C12H14O5. The average molecular weight is 238 g/mol. The van der Waals surface area contributed by atoms with Gasteiger partial charge in [-0.25, -0.2) is 4.79 Å². The molecule has 17 heavy (non-hydrogen) atoms. The van der Waals surface area contributed by atoms with Gasteiger partial charge in [0.05, 0.1) is 0 Å². The smallest absolute Gasteiger partial charge is 0.345 e. The topological polar surface area (TPSA) is 79.9 Å². The summed E-state index contributed by atoms with van der Waals surface area (Å²) in [5.74, 6) is 0.617. The monoisotopic (exact) mass is 238 g/mol. The Morgan fingerprint density at radius 3 is 2.76 bits per heavy atom. The molecule has 2 heterocycles. The fourth-order valence-electron chi connectivity index (χ4n) is 1.81. The van der Waals surface area contributed by atoms with Crippen LogP contribution in [0.25, 0.3) is 6.08 Å². The summed E-state index contributed by atoms with van der Waals surface area (Å²) < 4.78 is 10.4. The maximum Gasteiger partial charge on any atom is 0.345 e. The van der Waals surface area contributed by atoms with Crippen LogP contribution in [-0.4, -0.2) is 22.4 Å². The molecule has 0 aliphatic carbocycles. The molecule has 0 aromatic carbocycles. The van der Waals surface area contributed by atoms with Crippen LogP contribution in [0.3, 0.4) is 0 Å². The van der Waals surface area contributed by atoms with Crippen LogP contribution in [0.2, 0.25) is 0 Å². The number of hydrogen-bond donors (Lipinski definition) is 2. The highest BCUT2D eigenvalue weighted by atomic mass is 16.5. The lowest BCUT2D eigenvalue weighted by molar-refractivity contribution is -0.0636. The van der Waals surface area contributed by atoms with Crippen molar-refractivity contribution in [1.82, 2.24) is 0 Å². The normalized spacial score (nSPS) is 27.9. The third kappa shape index (κ3) is 1.99. The molecule has 0 spiro atoms. The molecule has 0 bridgehead atoms. The van der Waals surface area contributed by atoms with Crippen LogP contribution in [0.15, 0.2) is 21.4 Å². The van der Waals surface area contributed by atoms with E-state index in [2.05, 4.69) is 0 Å². The SMILES string of the molecule is CC=Cc1cc2c(c(=O)o1)[C@H](O)[C@H](O)[C@@H](C)O2. The summed E-state index contributed by atoms with van der Waals surface area (Å²) in [5, 5.41) is 19.4. The summed E-state index contributed by atoms with van der Waals surface area (Å²) in [5.41, 5.74) is -0.710. The summed E-state index contributed by atoms with van der Waals surface area (Å²) >= 11 is 0. The number of hydrogen-bond acceptors (Lipinski definition) is 5. The first-order valence-electron chi connectivity index (χ1n) is 5.38. The Labute approximate surface area is 98.0 Å². The van der Waals surface area contributed by atoms with Crippen molar-refractivity contribution in [2.24, 2.45) is 0 Å². The third-order valence-corrected chi connectivity index (χ3v) is 2.71. The molecule has 5 heteroatoms. The molecule has 1 aliphatic heterocycles. The van der Waals surface area contributed by atoms with Gasteiger partial charge < -0.3 is 19.4 Å². The summed E-state index contributed by atoms with van der Waals surface area (Å²) in [6.07, 6.45) is 0.371. The van der Waals surface area contributed by atoms with Crippen LogP contribution in [0.5, 0.6) is 5.75 Å².